The van der Waals surface area contributed by atoms with Crippen LogP contribution in [-0.4, -0.2) is 18.2 Å². The topological polar surface area (TPSA) is 56.5 Å². The molecule has 0 amide bonds. The molecule has 3 rings (SSSR count). The Bertz CT molecular complexity index is 900. The van der Waals surface area contributed by atoms with E-state index in [-0.39, 0.29) is 16.9 Å². The van der Waals surface area contributed by atoms with Crippen molar-refractivity contribution < 1.29 is 27.5 Å². The Morgan fingerprint density at radius 2 is 1.65 bits per heavy atom. The molecule has 0 fully saturated rings. The highest BCUT2D eigenvalue weighted by molar-refractivity contribution is 6.49. The summed E-state index contributed by atoms with van der Waals surface area (Å²) in [6, 6.07) is 15.3. The number of carbonyl (C=O) groups is 2. The molecule has 0 aliphatic carbocycles. The van der Waals surface area contributed by atoms with Crippen molar-refractivity contribution in [3.05, 3.63) is 89.4 Å². The van der Waals surface area contributed by atoms with Gasteiger partial charge in [0.05, 0.1) is 6.26 Å². The van der Waals surface area contributed by atoms with Gasteiger partial charge in [0, 0.05) is 17.5 Å². The number of ketones is 2. The van der Waals surface area contributed by atoms with Crippen molar-refractivity contribution in [2.24, 2.45) is 0 Å². The third-order valence-corrected chi connectivity index (χ3v) is 3.75. The highest BCUT2D eigenvalue weighted by atomic mass is 19.3. The van der Waals surface area contributed by atoms with E-state index < -0.39 is 18.2 Å². The Balaban J connectivity index is 1.81. The fourth-order valence-electron chi connectivity index (χ4n) is 2.54. The third-order valence-electron chi connectivity index (χ3n) is 3.75. The van der Waals surface area contributed by atoms with Gasteiger partial charge in [-0.25, -0.2) is 0 Å². The molecule has 4 nitrogen and oxygen atoms in total. The second-order valence-electron chi connectivity index (χ2n) is 5.47. The molecule has 0 radical (unpaired) electrons. The number of Topliss-reactive ketones (excluding diaryl/α,β-unsaturated/α-hetero) is 2. The average Bonchev–Trinajstić information content (AvgIpc) is 3.14. The molecule has 0 unspecified atom stereocenters. The lowest BCUT2D eigenvalue weighted by Gasteiger charge is -2.08. The van der Waals surface area contributed by atoms with Gasteiger partial charge in [-0.05, 0) is 42.0 Å². The maximum atomic E-state index is 12.6. The Kier molecular flexibility index (Phi) is 5.22. The number of hydrogen-bond acceptors (Lipinski definition) is 4. The smallest absolute Gasteiger partial charge is 0.387 e. The monoisotopic (exact) mass is 356 g/mol. The second-order valence-corrected chi connectivity index (χ2v) is 5.47. The lowest BCUT2D eigenvalue weighted by Crippen LogP contribution is -2.16. The Labute approximate surface area is 148 Å². The molecule has 26 heavy (non-hydrogen) atoms. The predicted octanol–water partition coefficient (Wildman–Crippen LogP) is 4.54. The zero-order valence-electron chi connectivity index (χ0n) is 13.5. The molecular weight excluding hydrogens is 342 g/mol. The van der Waals surface area contributed by atoms with Crippen LogP contribution in [-0.2, 0) is 6.42 Å². The number of halogens is 2. The van der Waals surface area contributed by atoms with Crippen molar-refractivity contribution in [1.29, 1.82) is 0 Å². The van der Waals surface area contributed by atoms with Crippen LogP contribution in [0.4, 0.5) is 8.78 Å². The van der Waals surface area contributed by atoms with Gasteiger partial charge in [0.25, 0.3) is 0 Å². The van der Waals surface area contributed by atoms with Crippen LogP contribution in [0.25, 0.3) is 0 Å². The van der Waals surface area contributed by atoms with Crippen LogP contribution < -0.4 is 4.74 Å². The number of alkyl halides is 2. The Hall–Kier alpha value is -3.28. The molecule has 1 heterocycles. The first kappa shape index (κ1) is 17.5. The quantitative estimate of drug-likeness (QED) is 0.461. The number of benzene rings is 2. The number of hydrogen-bond donors (Lipinski definition) is 0. The standard InChI is InChI=1S/C20H14F2O4/c21-20(22)26-15-9-7-13(8-10-15)18(23)19(24)17-6-2-1-4-14(17)12-16-5-3-11-25-16/h1-11,20H,12H2. The van der Waals surface area contributed by atoms with Crippen molar-refractivity contribution in [2.45, 2.75) is 13.0 Å². The van der Waals surface area contributed by atoms with E-state index >= 15 is 0 Å². The largest absolute Gasteiger partial charge is 0.469 e. The van der Waals surface area contributed by atoms with Gasteiger partial charge < -0.3 is 9.15 Å². The van der Waals surface area contributed by atoms with E-state index in [2.05, 4.69) is 4.74 Å². The molecule has 0 saturated carbocycles. The van der Waals surface area contributed by atoms with Crippen molar-refractivity contribution >= 4 is 11.6 Å². The number of rotatable bonds is 7. The van der Waals surface area contributed by atoms with E-state index in [0.717, 1.165) is 0 Å². The van der Waals surface area contributed by atoms with Crippen LogP contribution in [0.15, 0.2) is 71.3 Å². The fourth-order valence-corrected chi connectivity index (χ4v) is 2.54. The van der Waals surface area contributed by atoms with Crippen LogP contribution in [0, 0.1) is 0 Å². The first-order valence-corrected chi connectivity index (χ1v) is 7.79. The number of furan rings is 1. The van der Waals surface area contributed by atoms with Crippen LogP contribution in [0.1, 0.15) is 32.0 Å². The van der Waals surface area contributed by atoms with Crippen molar-refractivity contribution in [1.82, 2.24) is 0 Å². The molecule has 0 atom stereocenters. The van der Waals surface area contributed by atoms with Crippen molar-refractivity contribution in [2.75, 3.05) is 0 Å². The molecule has 0 spiro atoms. The minimum absolute atomic E-state index is 0.0813. The molecule has 0 aliphatic rings. The van der Waals surface area contributed by atoms with Crippen molar-refractivity contribution in [3.8, 4) is 5.75 Å². The second kappa shape index (κ2) is 7.74. The first-order valence-electron chi connectivity index (χ1n) is 7.79. The minimum atomic E-state index is -2.95. The van der Waals surface area contributed by atoms with Gasteiger partial charge in [-0.2, -0.15) is 8.78 Å². The van der Waals surface area contributed by atoms with E-state index in [4.69, 9.17) is 4.42 Å². The summed E-state index contributed by atoms with van der Waals surface area (Å²) in [5.41, 5.74) is 1.05. The maximum absolute atomic E-state index is 12.6. The number of carbonyl (C=O) groups excluding carboxylic acids is 2. The lowest BCUT2D eigenvalue weighted by atomic mass is 9.95. The zero-order chi connectivity index (χ0) is 18.5. The van der Waals surface area contributed by atoms with Gasteiger partial charge in [0.2, 0.25) is 11.6 Å². The van der Waals surface area contributed by atoms with Gasteiger partial charge in [-0.15, -0.1) is 0 Å². The Morgan fingerprint density at radius 3 is 2.31 bits per heavy atom. The molecule has 0 bridgehead atoms. The highest BCUT2D eigenvalue weighted by Gasteiger charge is 2.21. The summed E-state index contributed by atoms with van der Waals surface area (Å²) in [4.78, 5) is 25.1. The van der Waals surface area contributed by atoms with Gasteiger partial charge in [-0.1, -0.05) is 24.3 Å². The molecule has 1 aromatic heterocycles. The van der Waals surface area contributed by atoms with E-state index in [0.29, 0.717) is 17.7 Å². The summed E-state index contributed by atoms with van der Waals surface area (Å²) in [5, 5.41) is 0. The maximum Gasteiger partial charge on any atom is 0.387 e. The van der Waals surface area contributed by atoms with Gasteiger partial charge in [0.15, 0.2) is 0 Å². The molecule has 132 valence electrons. The predicted molar refractivity (Wildman–Crippen MR) is 89.7 cm³/mol. The summed E-state index contributed by atoms with van der Waals surface area (Å²) in [6.07, 6.45) is 1.91. The molecule has 3 aromatic rings. The summed E-state index contributed by atoms with van der Waals surface area (Å²) < 4.78 is 33.9. The normalized spacial score (nSPS) is 10.7. The van der Waals surface area contributed by atoms with E-state index in [1.165, 1.54) is 30.5 Å². The van der Waals surface area contributed by atoms with E-state index in [1.807, 2.05) is 0 Å². The summed E-state index contributed by atoms with van der Waals surface area (Å²) in [6.45, 7) is -2.95. The third kappa shape index (κ3) is 4.03. The van der Waals surface area contributed by atoms with Gasteiger partial charge in [0.1, 0.15) is 11.5 Å². The lowest BCUT2D eigenvalue weighted by molar-refractivity contribution is -0.0498. The minimum Gasteiger partial charge on any atom is -0.469 e. The van der Waals surface area contributed by atoms with Crippen LogP contribution >= 0.6 is 0 Å². The van der Waals surface area contributed by atoms with Crippen molar-refractivity contribution in [3.63, 3.8) is 0 Å². The van der Waals surface area contributed by atoms with Crippen LogP contribution in [0.5, 0.6) is 5.75 Å². The van der Waals surface area contributed by atoms with Gasteiger partial charge in [-0.3, -0.25) is 9.59 Å². The fraction of sp³-hybridized carbons (Fsp3) is 0.100. The molecule has 0 saturated heterocycles. The average molecular weight is 356 g/mol. The number of ether oxygens (including phenoxy) is 1. The molecule has 2 aromatic carbocycles. The van der Waals surface area contributed by atoms with Crippen LogP contribution in [0.2, 0.25) is 0 Å². The Morgan fingerprint density at radius 1 is 0.923 bits per heavy atom. The highest BCUT2D eigenvalue weighted by Crippen LogP contribution is 2.19. The van der Waals surface area contributed by atoms with E-state index in [1.54, 1.807) is 36.4 Å². The van der Waals surface area contributed by atoms with Crippen LogP contribution in [0.3, 0.4) is 0 Å². The van der Waals surface area contributed by atoms with E-state index in [9.17, 15) is 18.4 Å². The molecule has 0 aliphatic heterocycles. The molecule has 0 N–H and O–H groups in total. The molecular formula is C20H14F2O4. The first-order chi connectivity index (χ1) is 12.5. The molecule has 6 heteroatoms. The van der Waals surface area contributed by atoms with Gasteiger partial charge >= 0.3 is 6.61 Å². The SMILES string of the molecule is O=C(C(=O)c1ccccc1Cc1ccco1)c1ccc(OC(F)F)cc1. The summed E-state index contributed by atoms with van der Waals surface area (Å²) in [5.74, 6) is -0.802. The zero-order valence-corrected chi connectivity index (χ0v) is 13.5. The summed E-state index contributed by atoms with van der Waals surface area (Å²) >= 11 is 0. The summed E-state index contributed by atoms with van der Waals surface area (Å²) in [7, 11) is 0.